The van der Waals surface area contributed by atoms with Crippen molar-refractivity contribution in [2.45, 2.75) is 26.3 Å². The standard InChI is InChI=1S/C13H18ClN3S/c1-4-15-11(7-10-5-6-17(3)16-10)13-12(14)9(2)8-18-13/h5-6,8,11,15H,4,7H2,1-3H3. The van der Waals surface area contributed by atoms with Crippen LogP contribution < -0.4 is 5.32 Å². The quantitative estimate of drug-likeness (QED) is 0.912. The van der Waals surface area contributed by atoms with Crippen molar-refractivity contribution in [3.63, 3.8) is 0 Å². The molecule has 5 heteroatoms. The van der Waals surface area contributed by atoms with Crippen LogP contribution in [0.1, 0.15) is 29.1 Å². The molecule has 1 unspecified atom stereocenters. The molecule has 1 atom stereocenters. The van der Waals surface area contributed by atoms with E-state index in [0.29, 0.717) is 0 Å². The minimum Gasteiger partial charge on any atom is -0.309 e. The van der Waals surface area contributed by atoms with Crippen LogP contribution in [0.3, 0.4) is 0 Å². The summed E-state index contributed by atoms with van der Waals surface area (Å²) < 4.78 is 1.83. The molecule has 0 aliphatic carbocycles. The fraction of sp³-hybridized carbons (Fsp3) is 0.462. The summed E-state index contributed by atoms with van der Waals surface area (Å²) in [5.74, 6) is 0. The first kappa shape index (κ1) is 13.6. The van der Waals surface area contributed by atoms with Gasteiger partial charge in [0.05, 0.1) is 10.7 Å². The third-order valence-corrected chi connectivity index (χ3v) is 4.70. The molecule has 1 N–H and O–H groups in total. The van der Waals surface area contributed by atoms with Crippen LogP contribution in [0.15, 0.2) is 17.6 Å². The van der Waals surface area contributed by atoms with Gasteiger partial charge in [0, 0.05) is 30.6 Å². The summed E-state index contributed by atoms with van der Waals surface area (Å²) in [6.07, 6.45) is 2.84. The molecule has 0 bridgehead atoms. The van der Waals surface area contributed by atoms with Crippen LogP contribution in [-0.2, 0) is 13.5 Å². The highest BCUT2D eigenvalue weighted by molar-refractivity contribution is 7.10. The van der Waals surface area contributed by atoms with Crippen molar-refractivity contribution in [1.82, 2.24) is 15.1 Å². The molecule has 3 nitrogen and oxygen atoms in total. The van der Waals surface area contributed by atoms with Gasteiger partial charge in [-0.3, -0.25) is 4.68 Å². The second kappa shape index (κ2) is 5.87. The zero-order valence-corrected chi connectivity index (χ0v) is 12.5. The molecule has 0 saturated heterocycles. The molecule has 0 aromatic carbocycles. The van der Waals surface area contributed by atoms with Crippen LogP contribution in [0.4, 0.5) is 0 Å². The number of nitrogens with zero attached hydrogens (tertiary/aromatic N) is 2. The van der Waals surface area contributed by atoms with Crippen LogP contribution in [-0.4, -0.2) is 16.3 Å². The first-order chi connectivity index (χ1) is 8.61. The van der Waals surface area contributed by atoms with E-state index >= 15 is 0 Å². The van der Waals surface area contributed by atoms with E-state index in [0.717, 1.165) is 29.2 Å². The Labute approximate surface area is 117 Å². The first-order valence-corrected chi connectivity index (χ1v) is 7.33. The number of nitrogens with one attached hydrogen (secondary N) is 1. The van der Waals surface area contributed by atoms with Crippen molar-refractivity contribution < 1.29 is 0 Å². The molecular weight excluding hydrogens is 266 g/mol. The molecule has 0 spiro atoms. The number of thiophene rings is 1. The fourth-order valence-electron chi connectivity index (χ4n) is 1.97. The Morgan fingerprint density at radius 3 is 2.83 bits per heavy atom. The number of aryl methyl sites for hydroxylation is 2. The number of hydrogen-bond acceptors (Lipinski definition) is 3. The Kier molecular flexibility index (Phi) is 4.43. The minimum atomic E-state index is 0.246. The summed E-state index contributed by atoms with van der Waals surface area (Å²) in [6.45, 7) is 5.08. The van der Waals surface area contributed by atoms with Gasteiger partial charge in [0.15, 0.2) is 0 Å². The second-order valence-corrected chi connectivity index (χ2v) is 5.68. The maximum absolute atomic E-state index is 6.36. The van der Waals surface area contributed by atoms with E-state index in [1.165, 1.54) is 4.88 Å². The van der Waals surface area contributed by atoms with Crippen LogP contribution in [0.25, 0.3) is 0 Å². The van der Waals surface area contributed by atoms with Gasteiger partial charge >= 0.3 is 0 Å². The third-order valence-electron chi connectivity index (χ3n) is 2.87. The third kappa shape index (κ3) is 2.94. The molecule has 2 heterocycles. The average Bonchev–Trinajstić information content (AvgIpc) is 2.87. The zero-order valence-electron chi connectivity index (χ0n) is 10.9. The van der Waals surface area contributed by atoms with Gasteiger partial charge in [-0.05, 0) is 30.5 Å². The van der Waals surface area contributed by atoms with E-state index in [9.17, 15) is 0 Å². The molecule has 0 aliphatic rings. The van der Waals surface area contributed by atoms with Crippen molar-refractivity contribution >= 4 is 22.9 Å². The van der Waals surface area contributed by atoms with E-state index in [-0.39, 0.29) is 6.04 Å². The van der Waals surface area contributed by atoms with Crippen molar-refractivity contribution in [2.24, 2.45) is 7.05 Å². The summed E-state index contributed by atoms with van der Waals surface area (Å²) in [5, 5.41) is 10.9. The Morgan fingerprint density at radius 1 is 1.56 bits per heavy atom. The predicted octanol–water partition coefficient (Wildman–Crippen LogP) is 3.34. The predicted molar refractivity (Wildman–Crippen MR) is 77.4 cm³/mol. The van der Waals surface area contributed by atoms with Crippen LogP contribution >= 0.6 is 22.9 Å². The van der Waals surface area contributed by atoms with Gasteiger partial charge in [0.1, 0.15) is 0 Å². The highest BCUT2D eigenvalue weighted by Gasteiger charge is 2.18. The highest BCUT2D eigenvalue weighted by Crippen LogP contribution is 2.33. The number of aromatic nitrogens is 2. The van der Waals surface area contributed by atoms with E-state index in [1.807, 2.05) is 24.9 Å². The normalized spacial score (nSPS) is 12.9. The maximum Gasteiger partial charge on any atom is 0.0643 e. The van der Waals surface area contributed by atoms with E-state index in [2.05, 4.69) is 28.8 Å². The molecule has 98 valence electrons. The highest BCUT2D eigenvalue weighted by atomic mass is 35.5. The Balaban J connectivity index is 2.20. The van der Waals surface area contributed by atoms with E-state index in [4.69, 9.17) is 11.6 Å². The van der Waals surface area contributed by atoms with Gasteiger partial charge in [0.2, 0.25) is 0 Å². The van der Waals surface area contributed by atoms with Gasteiger partial charge in [-0.1, -0.05) is 18.5 Å². The van der Waals surface area contributed by atoms with Crippen molar-refractivity contribution in [2.75, 3.05) is 6.54 Å². The first-order valence-electron chi connectivity index (χ1n) is 6.07. The molecule has 2 aromatic rings. The smallest absolute Gasteiger partial charge is 0.0643 e. The van der Waals surface area contributed by atoms with E-state index < -0.39 is 0 Å². The molecule has 0 saturated carbocycles. The summed E-state index contributed by atoms with van der Waals surface area (Å²) in [5.41, 5.74) is 2.24. The monoisotopic (exact) mass is 283 g/mol. The fourth-order valence-corrected chi connectivity index (χ4v) is 3.37. The second-order valence-electron chi connectivity index (χ2n) is 4.39. The molecule has 18 heavy (non-hydrogen) atoms. The number of rotatable bonds is 5. The molecule has 2 aromatic heterocycles. The molecule has 0 radical (unpaired) electrons. The summed E-state index contributed by atoms with van der Waals surface area (Å²) in [4.78, 5) is 1.21. The Bertz CT molecular complexity index is 518. The number of hydrogen-bond donors (Lipinski definition) is 1. The van der Waals surface area contributed by atoms with Gasteiger partial charge in [-0.15, -0.1) is 11.3 Å². The van der Waals surface area contributed by atoms with Crippen molar-refractivity contribution in [1.29, 1.82) is 0 Å². The van der Waals surface area contributed by atoms with Gasteiger partial charge in [0.25, 0.3) is 0 Å². The molecule has 0 amide bonds. The largest absolute Gasteiger partial charge is 0.309 e. The maximum atomic E-state index is 6.36. The van der Waals surface area contributed by atoms with Crippen LogP contribution in [0.5, 0.6) is 0 Å². The topological polar surface area (TPSA) is 29.9 Å². The SMILES string of the molecule is CCNC(Cc1ccn(C)n1)c1scc(C)c1Cl. The summed E-state index contributed by atoms with van der Waals surface area (Å²) in [7, 11) is 1.94. The van der Waals surface area contributed by atoms with Crippen LogP contribution in [0.2, 0.25) is 5.02 Å². The molecule has 2 rings (SSSR count). The lowest BCUT2D eigenvalue weighted by molar-refractivity contribution is 0.547. The van der Waals surface area contributed by atoms with Gasteiger partial charge in [-0.2, -0.15) is 5.10 Å². The lowest BCUT2D eigenvalue weighted by atomic mass is 10.1. The Morgan fingerprint density at radius 2 is 2.33 bits per heavy atom. The lowest BCUT2D eigenvalue weighted by Crippen LogP contribution is -2.22. The van der Waals surface area contributed by atoms with Crippen LogP contribution in [0, 0.1) is 6.92 Å². The average molecular weight is 284 g/mol. The Hall–Kier alpha value is -0.840. The van der Waals surface area contributed by atoms with E-state index in [1.54, 1.807) is 11.3 Å². The molecular formula is C13H18ClN3S. The minimum absolute atomic E-state index is 0.246. The lowest BCUT2D eigenvalue weighted by Gasteiger charge is -2.16. The van der Waals surface area contributed by atoms with Crippen molar-refractivity contribution in [3.05, 3.63) is 38.8 Å². The van der Waals surface area contributed by atoms with Gasteiger partial charge < -0.3 is 5.32 Å². The zero-order chi connectivity index (χ0) is 13.1. The number of likely N-dealkylation sites (N-methyl/N-ethyl adjacent to an activating group) is 1. The van der Waals surface area contributed by atoms with Crippen molar-refractivity contribution in [3.8, 4) is 0 Å². The molecule has 0 fully saturated rings. The number of halogens is 1. The molecule has 0 aliphatic heterocycles. The summed E-state index contributed by atoms with van der Waals surface area (Å²) >= 11 is 8.08. The van der Waals surface area contributed by atoms with Gasteiger partial charge in [-0.25, -0.2) is 0 Å². The summed E-state index contributed by atoms with van der Waals surface area (Å²) in [6, 6.07) is 2.30.